The zero-order chi connectivity index (χ0) is 13.5. The molecule has 0 saturated heterocycles. The molecule has 1 unspecified atom stereocenters. The number of hydrogen-bond acceptors (Lipinski definition) is 5. The maximum Gasteiger partial charge on any atom is 0.123 e. The Morgan fingerprint density at radius 1 is 1.26 bits per heavy atom. The predicted octanol–water partition coefficient (Wildman–Crippen LogP) is 1.74. The Balaban J connectivity index is 2.14. The summed E-state index contributed by atoms with van der Waals surface area (Å²) in [4.78, 5) is 12.3. The minimum Gasteiger partial charge on any atom is -0.384 e. The molecule has 2 aromatic rings. The lowest BCUT2D eigenvalue weighted by molar-refractivity contribution is 0.517. The van der Waals surface area contributed by atoms with Gasteiger partial charge in [-0.1, -0.05) is 6.92 Å². The molecule has 3 N–H and O–H groups in total. The lowest BCUT2D eigenvalue weighted by Crippen LogP contribution is -2.25. The van der Waals surface area contributed by atoms with Crippen molar-refractivity contribution in [2.24, 2.45) is 0 Å². The maximum absolute atomic E-state index is 5.72. The number of pyridine rings is 1. The summed E-state index contributed by atoms with van der Waals surface area (Å²) in [6.45, 7) is 3.10. The number of aromatic nitrogens is 3. The summed E-state index contributed by atoms with van der Waals surface area (Å²) in [5.41, 5.74) is 7.87. The van der Waals surface area contributed by atoms with Gasteiger partial charge in [-0.3, -0.25) is 0 Å². The van der Waals surface area contributed by atoms with E-state index in [4.69, 9.17) is 5.73 Å². The van der Waals surface area contributed by atoms with E-state index in [1.54, 1.807) is 18.7 Å². The van der Waals surface area contributed by atoms with Gasteiger partial charge in [0.05, 0.1) is 11.7 Å². The molecule has 0 aliphatic carbocycles. The lowest BCUT2D eigenvalue weighted by Gasteiger charge is -2.18. The van der Waals surface area contributed by atoms with Gasteiger partial charge in [0.15, 0.2) is 0 Å². The van der Waals surface area contributed by atoms with Crippen molar-refractivity contribution in [1.29, 1.82) is 0 Å². The van der Waals surface area contributed by atoms with Crippen molar-refractivity contribution < 1.29 is 0 Å². The van der Waals surface area contributed by atoms with Crippen LogP contribution in [0.15, 0.2) is 36.9 Å². The Morgan fingerprint density at radius 3 is 2.84 bits per heavy atom. The SMILES string of the molecule is CCCNC(Cc1ccnc(N)c1)c1ccncn1. The van der Waals surface area contributed by atoms with Crippen LogP contribution in [0.5, 0.6) is 0 Å². The molecule has 0 aliphatic heterocycles. The second kappa shape index (κ2) is 6.80. The third kappa shape index (κ3) is 3.99. The second-order valence-electron chi connectivity index (χ2n) is 4.43. The number of rotatable bonds is 6. The van der Waals surface area contributed by atoms with Crippen LogP contribution in [-0.2, 0) is 6.42 Å². The number of nitrogen functional groups attached to an aromatic ring is 1. The van der Waals surface area contributed by atoms with E-state index in [1.165, 1.54) is 0 Å². The average molecular weight is 257 g/mol. The van der Waals surface area contributed by atoms with Crippen molar-refractivity contribution in [3.63, 3.8) is 0 Å². The first-order valence-electron chi connectivity index (χ1n) is 6.49. The molecule has 0 fully saturated rings. The second-order valence-corrected chi connectivity index (χ2v) is 4.43. The third-order valence-electron chi connectivity index (χ3n) is 2.89. The van der Waals surface area contributed by atoms with E-state index in [1.807, 2.05) is 18.2 Å². The number of anilines is 1. The number of nitrogens with two attached hydrogens (primary N) is 1. The van der Waals surface area contributed by atoms with Crippen LogP contribution in [0.2, 0.25) is 0 Å². The predicted molar refractivity (Wildman–Crippen MR) is 75.4 cm³/mol. The first kappa shape index (κ1) is 13.4. The van der Waals surface area contributed by atoms with Gasteiger partial charge < -0.3 is 11.1 Å². The zero-order valence-corrected chi connectivity index (χ0v) is 11.1. The van der Waals surface area contributed by atoms with Crippen LogP contribution in [0, 0.1) is 0 Å². The fourth-order valence-electron chi connectivity index (χ4n) is 1.96. The van der Waals surface area contributed by atoms with Crippen LogP contribution < -0.4 is 11.1 Å². The van der Waals surface area contributed by atoms with Crippen molar-refractivity contribution in [3.05, 3.63) is 48.2 Å². The van der Waals surface area contributed by atoms with Gasteiger partial charge in [0.25, 0.3) is 0 Å². The highest BCUT2D eigenvalue weighted by molar-refractivity contribution is 5.32. The Hall–Kier alpha value is -2.01. The molecule has 2 aromatic heterocycles. The van der Waals surface area contributed by atoms with E-state index in [2.05, 4.69) is 27.2 Å². The van der Waals surface area contributed by atoms with E-state index < -0.39 is 0 Å². The van der Waals surface area contributed by atoms with Crippen molar-refractivity contribution >= 4 is 5.82 Å². The molecule has 5 nitrogen and oxygen atoms in total. The van der Waals surface area contributed by atoms with Gasteiger partial charge in [-0.2, -0.15) is 0 Å². The van der Waals surface area contributed by atoms with Gasteiger partial charge in [-0.05, 0) is 43.1 Å². The minimum atomic E-state index is 0.171. The van der Waals surface area contributed by atoms with E-state index in [0.717, 1.165) is 30.6 Å². The fourth-order valence-corrected chi connectivity index (χ4v) is 1.96. The average Bonchev–Trinajstić information content (AvgIpc) is 2.44. The highest BCUT2D eigenvalue weighted by Gasteiger charge is 2.12. The smallest absolute Gasteiger partial charge is 0.123 e. The fraction of sp³-hybridized carbons (Fsp3) is 0.357. The molecule has 0 spiro atoms. The summed E-state index contributed by atoms with van der Waals surface area (Å²) in [7, 11) is 0. The number of nitrogens with one attached hydrogen (secondary N) is 1. The quantitative estimate of drug-likeness (QED) is 0.824. The molecule has 1 atom stereocenters. The van der Waals surface area contributed by atoms with Gasteiger partial charge >= 0.3 is 0 Å². The van der Waals surface area contributed by atoms with E-state index in [0.29, 0.717) is 5.82 Å². The Morgan fingerprint density at radius 2 is 2.16 bits per heavy atom. The van der Waals surface area contributed by atoms with Gasteiger partial charge in [-0.15, -0.1) is 0 Å². The van der Waals surface area contributed by atoms with Crippen molar-refractivity contribution in [2.45, 2.75) is 25.8 Å². The van der Waals surface area contributed by atoms with Gasteiger partial charge in [0.1, 0.15) is 12.1 Å². The molecular formula is C14H19N5. The minimum absolute atomic E-state index is 0.171. The summed E-state index contributed by atoms with van der Waals surface area (Å²) in [6.07, 6.45) is 7.01. The van der Waals surface area contributed by atoms with Crippen LogP contribution in [0.25, 0.3) is 0 Å². The summed E-state index contributed by atoms with van der Waals surface area (Å²) >= 11 is 0. The van der Waals surface area contributed by atoms with Crippen molar-refractivity contribution in [1.82, 2.24) is 20.3 Å². The van der Waals surface area contributed by atoms with E-state index >= 15 is 0 Å². The molecule has 0 radical (unpaired) electrons. The molecule has 5 heteroatoms. The van der Waals surface area contributed by atoms with Crippen molar-refractivity contribution in [3.8, 4) is 0 Å². The molecule has 0 bridgehead atoms. The number of hydrogen-bond donors (Lipinski definition) is 2. The molecule has 100 valence electrons. The Bertz CT molecular complexity index is 500. The molecule has 2 rings (SSSR count). The Labute approximate surface area is 113 Å². The zero-order valence-electron chi connectivity index (χ0n) is 11.1. The topological polar surface area (TPSA) is 76.7 Å². The largest absolute Gasteiger partial charge is 0.384 e. The summed E-state index contributed by atoms with van der Waals surface area (Å²) in [5.74, 6) is 0.550. The van der Waals surface area contributed by atoms with Crippen LogP contribution in [0.4, 0.5) is 5.82 Å². The van der Waals surface area contributed by atoms with Crippen LogP contribution in [0.3, 0.4) is 0 Å². The normalized spacial score (nSPS) is 12.3. The van der Waals surface area contributed by atoms with Gasteiger partial charge in [0, 0.05) is 12.4 Å². The highest BCUT2D eigenvalue weighted by atomic mass is 14.9. The van der Waals surface area contributed by atoms with E-state index in [9.17, 15) is 0 Å². The number of nitrogens with zero attached hydrogens (tertiary/aromatic N) is 3. The monoisotopic (exact) mass is 257 g/mol. The van der Waals surface area contributed by atoms with Crippen LogP contribution in [0.1, 0.15) is 30.6 Å². The first-order valence-corrected chi connectivity index (χ1v) is 6.49. The third-order valence-corrected chi connectivity index (χ3v) is 2.89. The maximum atomic E-state index is 5.72. The van der Waals surface area contributed by atoms with Crippen molar-refractivity contribution in [2.75, 3.05) is 12.3 Å². The highest BCUT2D eigenvalue weighted by Crippen LogP contribution is 2.16. The molecule has 19 heavy (non-hydrogen) atoms. The standard InChI is InChI=1S/C14H19N5/c1-2-5-17-13(12-4-6-16-10-19-12)8-11-3-7-18-14(15)9-11/h3-4,6-7,9-10,13,17H,2,5,8H2,1H3,(H2,15,18). The molecule has 0 saturated carbocycles. The summed E-state index contributed by atoms with van der Waals surface area (Å²) in [5, 5.41) is 3.50. The summed E-state index contributed by atoms with van der Waals surface area (Å²) in [6, 6.07) is 6.00. The molecule has 2 heterocycles. The first-order chi connectivity index (χ1) is 9.29. The molecule has 0 aromatic carbocycles. The molecule has 0 amide bonds. The van der Waals surface area contributed by atoms with E-state index in [-0.39, 0.29) is 6.04 Å². The van der Waals surface area contributed by atoms with Gasteiger partial charge in [0.2, 0.25) is 0 Å². The lowest BCUT2D eigenvalue weighted by atomic mass is 10.0. The molecular weight excluding hydrogens is 238 g/mol. The van der Waals surface area contributed by atoms with Crippen LogP contribution in [-0.4, -0.2) is 21.5 Å². The van der Waals surface area contributed by atoms with Crippen LogP contribution >= 0.6 is 0 Å². The molecule has 0 aliphatic rings. The summed E-state index contributed by atoms with van der Waals surface area (Å²) < 4.78 is 0. The Kier molecular flexibility index (Phi) is 4.80. The van der Waals surface area contributed by atoms with Gasteiger partial charge in [-0.25, -0.2) is 15.0 Å².